The summed E-state index contributed by atoms with van der Waals surface area (Å²) in [5.74, 6) is -0.342. The number of rotatable bonds is 4. The van der Waals surface area contributed by atoms with Crippen molar-refractivity contribution in [2.45, 2.75) is 12.8 Å². The predicted octanol–water partition coefficient (Wildman–Crippen LogP) is -1.07. The molecule has 0 saturated carbocycles. The molecule has 0 bridgehead atoms. The number of hydrogen-bond donors (Lipinski definition) is 2. The van der Waals surface area contributed by atoms with E-state index in [1.165, 1.54) is 0 Å². The van der Waals surface area contributed by atoms with Crippen LogP contribution in [0, 0.1) is 5.92 Å². The molecule has 1 saturated heterocycles. The van der Waals surface area contributed by atoms with Gasteiger partial charge in [0.15, 0.2) is 0 Å². The van der Waals surface area contributed by atoms with Gasteiger partial charge in [0.25, 0.3) is 0 Å². The van der Waals surface area contributed by atoms with E-state index in [0.717, 1.165) is 0 Å². The zero-order valence-corrected chi connectivity index (χ0v) is 8.45. The van der Waals surface area contributed by atoms with Crippen molar-refractivity contribution in [2.75, 3.05) is 26.7 Å². The fraction of sp³-hybridized carbons (Fsp3) is 0.778. The van der Waals surface area contributed by atoms with Gasteiger partial charge in [-0.25, -0.2) is 0 Å². The summed E-state index contributed by atoms with van der Waals surface area (Å²) in [4.78, 5) is 24.1. The third kappa shape index (κ3) is 2.70. The Morgan fingerprint density at radius 1 is 1.57 bits per heavy atom. The van der Waals surface area contributed by atoms with Crippen molar-refractivity contribution in [3.8, 4) is 0 Å². The SMILES string of the molecule is CNCCC(=O)N1CCC(C(N)=O)C1. The van der Waals surface area contributed by atoms with Gasteiger partial charge in [0.1, 0.15) is 0 Å². The molecule has 1 fully saturated rings. The minimum Gasteiger partial charge on any atom is -0.369 e. The zero-order valence-electron chi connectivity index (χ0n) is 8.45. The smallest absolute Gasteiger partial charge is 0.223 e. The minimum atomic E-state index is -0.297. The second kappa shape index (κ2) is 4.95. The molecule has 0 aromatic carbocycles. The molecule has 1 aliphatic rings. The lowest BCUT2D eigenvalue weighted by atomic mass is 10.1. The van der Waals surface area contributed by atoms with Crippen molar-refractivity contribution in [1.82, 2.24) is 10.2 Å². The lowest BCUT2D eigenvalue weighted by Gasteiger charge is -2.15. The molecule has 1 atom stereocenters. The number of carbonyl (C=O) groups excluding carboxylic acids is 2. The fourth-order valence-electron chi connectivity index (χ4n) is 1.61. The van der Waals surface area contributed by atoms with Crippen LogP contribution < -0.4 is 11.1 Å². The van der Waals surface area contributed by atoms with Crippen molar-refractivity contribution in [3.05, 3.63) is 0 Å². The van der Waals surface area contributed by atoms with E-state index in [1.54, 1.807) is 4.90 Å². The normalized spacial score (nSPS) is 21.2. The van der Waals surface area contributed by atoms with Gasteiger partial charge in [-0.1, -0.05) is 0 Å². The molecule has 3 N–H and O–H groups in total. The van der Waals surface area contributed by atoms with Crippen molar-refractivity contribution in [1.29, 1.82) is 0 Å². The van der Waals surface area contributed by atoms with Crippen LogP contribution in [0.15, 0.2) is 0 Å². The van der Waals surface area contributed by atoms with Gasteiger partial charge in [-0.2, -0.15) is 0 Å². The van der Waals surface area contributed by atoms with Gasteiger partial charge in [-0.05, 0) is 13.5 Å². The molecular weight excluding hydrogens is 182 g/mol. The van der Waals surface area contributed by atoms with Crippen LogP contribution in [-0.4, -0.2) is 43.4 Å². The number of nitrogens with one attached hydrogen (secondary N) is 1. The Balaban J connectivity index is 2.34. The van der Waals surface area contributed by atoms with Gasteiger partial charge in [0.05, 0.1) is 5.92 Å². The topological polar surface area (TPSA) is 75.4 Å². The molecule has 1 rings (SSSR count). The predicted molar refractivity (Wildman–Crippen MR) is 52.4 cm³/mol. The second-order valence-electron chi connectivity index (χ2n) is 3.58. The largest absolute Gasteiger partial charge is 0.369 e. The first-order valence-corrected chi connectivity index (χ1v) is 4.87. The molecule has 0 radical (unpaired) electrons. The van der Waals surface area contributed by atoms with Crippen LogP contribution in [0.3, 0.4) is 0 Å². The monoisotopic (exact) mass is 199 g/mol. The van der Waals surface area contributed by atoms with E-state index in [1.807, 2.05) is 7.05 Å². The number of nitrogens with zero attached hydrogens (tertiary/aromatic N) is 1. The summed E-state index contributed by atoms with van der Waals surface area (Å²) >= 11 is 0. The van der Waals surface area contributed by atoms with Gasteiger partial charge < -0.3 is 16.0 Å². The van der Waals surface area contributed by atoms with Crippen LogP contribution >= 0.6 is 0 Å². The Bertz CT molecular complexity index is 230. The summed E-state index contributed by atoms with van der Waals surface area (Å²) in [6.07, 6.45) is 1.20. The highest BCUT2D eigenvalue weighted by Crippen LogP contribution is 2.16. The Labute approximate surface area is 83.6 Å². The van der Waals surface area contributed by atoms with E-state index < -0.39 is 0 Å². The van der Waals surface area contributed by atoms with Crippen LogP contribution in [-0.2, 0) is 9.59 Å². The summed E-state index contributed by atoms with van der Waals surface area (Å²) in [5, 5.41) is 2.92. The average Bonchev–Trinajstić information content (AvgIpc) is 2.62. The third-order valence-corrected chi connectivity index (χ3v) is 2.53. The molecule has 1 unspecified atom stereocenters. The first-order valence-electron chi connectivity index (χ1n) is 4.87. The number of amides is 2. The van der Waals surface area contributed by atoms with Gasteiger partial charge in [-0.3, -0.25) is 9.59 Å². The maximum Gasteiger partial charge on any atom is 0.223 e. The summed E-state index contributed by atoms with van der Waals surface area (Å²) in [6, 6.07) is 0. The molecule has 1 aliphatic heterocycles. The molecule has 5 heteroatoms. The van der Waals surface area contributed by atoms with E-state index >= 15 is 0 Å². The number of nitrogens with two attached hydrogens (primary N) is 1. The van der Waals surface area contributed by atoms with Crippen molar-refractivity contribution < 1.29 is 9.59 Å². The first kappa shape index (κ1) is 11.0. The van der Waals surface area contributed by atoms with Gasteiger partial charge in [-0.15, -0.1) is 0 Å². The van der Waals surface area contributed by atoms with E-state index in [-0.39, 0.29) is 17.7 Å². The number of hydrogen-bond acceptors (Lipinski definition) is 3. The molecular formula is C9H17N3O2. The Morgan fingerprint density at radius 2 is 2.29 bits per heavy atom. The molecule has 14 heavy (non-hydrogen) atoms. The number of primary amides is 1. The Morgan fingerprint density at radius 3 is 2.79 bits per heavy atom. The Kier molecular flexibility index (Phi) is 3.88. The van der Waals surface area contributed by atoms with Crippen molar-refractivity contribution in [2.24, 2.45) is 11.7 Å². The van der Waals surface area contributed by atoms with Crippen LogP contribution in [0.4, 0.5) is 0 Å². The molecule has 1 heterocycles. The zero-order chi connectivity index (χ0) is 10.6. The third-order valence-electron chi connectivity index (χ3n) is 2.53. The standard InChI is InChI=1S/C9H17N3O2/c1-11-4-2-8(13)12-5-3-7(6-12)9(10)14/h7,11H,2-6H2,1H3,(H2,10,14). The lowest BCUT2D eigenvalue weighted by Crippen LogP contribution is -2.33. The van der Waals surface area contributed by atoms with Crippen molar-refractivity contribution >= 4 is 11.8 Å². The van der Waals surface area contributed by atoms with Crippen LogP contribution in [0.1, 0.15) is 12.8 Å². The quantitative estimate of drug-likeness (QED) is 0.605. The highest BCUT2D eigenvalue weighted by Gasteiger charge is 2.28. The molecule has 5 nitrogen and oxygen atoms in total. The fourth-order valence-corrected chi connectivity index (χ4v) is 1.61. The van der Waals surface area contributed by atoms with Gasteiger partial charge in [0.2, 0.25) is 11.8 Å². The highest BCUT2D eigenvalue weighted by molar-refractivity contribution is 5.81. The van der Waals surface area contributed by atoms with Crippen LogP contribution in [0.5, 0.6) is 0 Å². The second-order valence-corrected chi connectivity index (χ2v) is 3.58. The number of likely N-dealkylation sites (tertiary alicyclic amines) is 1. The van der Waals surface area contributed by atoms with Crippen LogP contribution in [0.2, 0.25) is 0 Å². The van der Waals surface area contributed by atoms with E-state index in [4.69, 9.17) is 5.73 Å². The molecule has 2 amide bonds. The summed E-state index contributed by atoms with van der Waals surface area (Å²) in [7, 11) is 1.81. The molecule has 0 spiro atoms. The van der Waals surface area contributed by atoms with E-state index in [0.29, 0.717) is 32.5 Å². The molecule has 0 aromatic rings. The van der Waals surface area contributed by atoms with Gasteiger partial charge in [0, 0.05) is 26.1 Å². The molecule has 0 aliphatic carbocycles. The molecule has 80 valence electrons. The summed E-state index contributed by atoms with van der Waals surface area (Å²) < 4.78 is 0. The average molecular weight is 199 g/mol. The first-order chi connectivity index (χ1) is 6.65. The number of carbonyl (C=O) groups is 2. The lowest BCUT2D eigenvalue weighted by molar-refractivity contribution is -0.130. The maximum atomic E-state index is 11.5. The van der Waals surface area contributed by atoms with Crippen LogP contribution in [0.25, 0.3) is 0 Å². The Hall–Kier alpha value is -1.10. The summed E-state index contributed by atoms with van der Waals surface area (Å²) in [5.41, 5.74) is 5.17. The molecule has 0 aromatic heterocycles. The highest BCUT2D eigenvalue weighted by atomic mass is 16.2. The van der Waals surface area contributed by atoms with E-state index in [9.17, 15) is 9.59 Å². The minimum absolute atomic E-state index is 0.100. The summed E-state index contributed by atoms with van der Waals surface area (Å²) in [6.45, 7) is 1.84. The van der Waals surface area contributed by atoms with Crippen molar-refractivity contribution in [3.63, 3.8) is 0 Å². The maximum absolute atomic E-state index is 11.5. The van der Waals surface area contributed by atoms with E-state index in [2.05, 4.69) is 5.32 Å². The van der Waals surface area contributed by atoms with Gasteiger partial charge >= 0.3 is 0 Å².